The third-order valence-corrected chi connectivity index (χ3v) is 7.30. The first-order chi connectivity index (χ1) is 17.3. The number of carboxylic acids is 2. The topological polar surface area (TPSA) is 121 Å². The van der Waals surface area contributed by atoms with E-state index in [9.17, 15) is 30.0 Å². The van der Waals surface area contributed by atoms with Gasteiger partial charge in [-0.2, -0.15) is 0 Å². The van der Waals surface area contributed by atoms with Crippen LogP contribution in [0.5, 0.6) is 0 Å². The van der Waals surface area contributed by atoms with E-state index in [0.717, 1.165) is 38.5 Å². The number of aliphatic hydroxyl groups is 2. The summed E-state index contributed by atoms with van der Waals surface area (Å²) < 4.78 is 0. The number of hydrogen-bond acceptors (Lipinski definition) is 6. The molecule has 6 nitrogen and oxygen atoms in total. The van der Waals surface area contributed by atoms with Crippen LogP contribution in [-0.2, 0) is 9.59 Å². The molecule has 0 aromatic carbocycles. The maximum absolute atomic E-state index is 11.3. The summed E-state index contributed by atoms with van der Waals surface area (Å²) in [4.78, 5) is 22.6. The molecule has 2 aliphatic carbocycles. The summed E-state index contributed by atoms with van der Waals surface area (Å²) in [5, 5.41) is 42.3. The summed E-state index contributed by atoms with van der Waals surface area (Å²) in [6.07, 6.45) is 25.0. The zero-order valence-corrected chi connectivity index (χ0v) is 25.1. The first-order valence-corrected chi connectivity index (χ1v) is 13.8. The van der Waals surface area contributed by atoms with Gasteiger partial charge in [-0.1, -0.05) is 140 Å². The Morgan fingerprint density at radius 3 is 1.24 bits per heavy atom. The van der Waals surface area contributed by atoms with Crippen molar-refractivity contribution in [3.8, 4) is 0 Å². The van der Waals surface area contributed by atoms with Crippen LogP contribution < -0.4 is 10.2 Å². The van der Waals surface area contributed by atoms with Crippen molar-refractivity contribution in [2.75, 3.05) is 0 Å². The van der Waals surface area contributed by atoms with E-state index in [0.29, 0.717) is 12.8 Å². The molecule has 0 fully saturated rings. The summed E-state index contributed by atoms with van der Waals surface area (Å²) in [7, 11) is 0. The van der Waals surface area contributed by atoms with Crippen molar-refractivity contribution in [2.45, 2.75) is 116 Å². The monoisotopic (exact) mass is 542 g/mol. The minimum atomic E-state index is -1.22. The summed E-state index contributed by atoms with van der Waals surface area (Å²) in [5.41, 5.74) is -2.45. The van der Waals surface area contributed by atoms with Gasteiger partial charge < -0.3 is 30.0 Å². The number of carboxylic acid groups (broad SMARTS) is 2. The molecule has 7 heteroatoms. The molecule has 0 amide bonds. The second-order valence-electron chi connectivity index (χ2n) is 10.1. The maximum atomic E-state index is 11.3. The second kappa shape index (κ2) is 20.0. The molecule has 0 heterocycles. The molecule has 0 aromatic rings. The number of allylic oxidation sites excluding steroid dienone is 4. The fourth-order valence-electron chi connectivity index (χ4n) is 4.77. The zero-order valence-electron chi connectivity index (χ0n) is 22.9. The Balaban J connectivity index is 0.000000682. The van der Waals surface area contributed by atoms with Gasteiger partial charge in [0.25, 0.3) is 0 Å². The molecule has 2 rings (SSSR count). The third-order valence-electron chi connectivity index (χ3n) is 7.30. The van der Waals surface area contributed by atoms with Gasteiger partial charge in [0.05, 0.1) is 35.0 Å². The Kier molecular flexibility index (Phi) is 19.6. The standard InChI is InChI=1S/2C15H24O3.Ca/c2*1-2-3-4-5-6-8-11-15(14(17)18)12-9-7-10-13(15)16;/h2*7,9-10,12-13,16H,2-6,8,11H2,1H3,(H,17,18);/q;;+2/p-2. The number of rotatable bonds is 16. The third kappa shape index (κ3) is 11.8. The Bertz CT molecular complexity index is 710. The van der Waals surface area contributed by atoms with Crippen LogP contribution in [0.25, 0.3) is 0 Å². The van der Waals surface area contributed by atoms with E-state index in [1.54, 1.807) is 36.5 Å². The summed E-state index contributed by atoms with van der Waals surface area (Å²) in [5.74, 6) is -2.35. The fraction of sp³-hybridized carbons (Fsp3) is 0.667. The molecule has 4 atom stereocenters. The van der Waals surface area contributed by atoms with Crippen molar-refractivity contribution >= 4 is 49.7 Å². The van der Waals surface area contributed by atoms with Crippen LogP contribution in [0.3, 0.4) is 0 Å². The van der Waals surface area contributed by atoms with Gasteiger partial charge in [0, 0.05) is 0 Å². The molecule has 0 saturated carbocycles. The Hall–Kier alpha value is -0.920. The Labute approximate surface area is 253 Å². The van der Waals surface area contributed by atoms with Gasteiger partial charge in [0.15, 0.2) is 0 Å². The van der Waals surface area contributed by atoms with E-state index in [4.69, 9.17) is 0 Å². The van der Waals surface area contributed by atoms with Gasteiger partial charge in [0.1, 0.15) is 0 Å². The molecule has 0 bridgehead atoms. The van der Waals surface area contributed by atoms with Gasteiger partial charge in [-0.25, -0.2) is 0 Å². The van der Waals surface area contributed by atoms with Gasteiger partial charge in [0.2, 0.25) is 0 Å². The average molecular weight is 543 g/mol. The average Bonchev–Trinajstić information content (AvgIpc) is 2.86. The van der Waals surface area contributed by atoms with E-state index >= 15 is 0 Å². The predicted octanol–water partition coefficient (Wildman–Crippen LogP) is 3.54. The van der Waals surface area contributed by atoms with Crippen LogP contribution >= 0.6 is 0 Å². The van der Waals surface area contributed by atoms with Crippen molar-refractivity contribution < 1.29 is 30.0 Å². The smallest absolute Gasteiger partial charge is 0.549 e. The molecule has 0 radical (unpaired) electrons. The minimum Gasteiger partial charge on any atom is -0.549 e. The number of unbranched alkanes of at least 4 members (excludes halogenated alkanes) is 10. The van der Waals surface area contributed by atoms with Crippen molar-refractivity contribution in [2.24, 2.45) is 10.8 Å². The van der Waals surface area contributed by atoms with Crippen molar-refractivity contribution in [1.29, 1.82) is 0 Å². The Morgan fingerprint density at radius 2 is 0.946 bits per heavy atom. The number of carbonyl (C=O) groups excluding carboxylic acids is 2. The van der Waals surface area contributed by atoms with Gasteiger partial charge in [-0.3, -0.25) is 0 Å². The summed E-state index contributed by atoms with van der Waals surface area (Å²) in [6, 6.07) is 0. The van der Waals surface area contributed by atoms with E-state index in [1.807, 2.05) is 0 Å². The van der Waals surface area contributed by atoms with E-state index < -0.39 is 35.0 Å². The molecule has 4 unspecified atom stereocenters. The zero-order chi connectivity index (χ0) is 26.9. The SMILES string of the molecule is CCCCCCCCC1(C(=O)[O-])C=CC=CC1O.CCCCCCCCC1(C(=O)[O-])C=CC=CC1O.[Ca+2]. The second-order valence-corrected chi connectivity index (χ2v) is 10.1. The Morgan fingerprint density at radius 1 is 0.622 bits per heavy atom. The van der Waals surface area contributed by atoms with Crippen molar-refractivity contribution in [3.05, 3.63) is 48.6 Å². The van der Waals surface area contributed by atoms with Crippen LogP contribution in [0.1, 0.15) is 104 Å². The van der Waals surface area contributed by atoms with Crippen LogP contribution in [0.15, 0.2) is 48.6 Å². The minimum absolute atomic E-state index is 0. The van der Waals surface area contributed by atoms with Crippen molar-refractivity contribution in [1.82, 2.24) is 0 Å². The molecule has 0 spiro atoms. The first-order valence-electron chi connectivity index (χ1n) is 13.8. The summed E-state index contributed by atoms with van der Waals surface area (Å²) >= 11 is 0. The van der Waals surface area contributed by atoms with Gasteiger partial charge in [-0.15, -0.1) is 0 Å². The van der Waals surface area contributed by atoms with Crippen LogP contribution in [-0.4, -0.2) is 72.1 Å². The molecule has 0 saturated heterocycles. The normalized spacial score (nSPS) is 25.7. The van der Waals surface area contributed by atoms with Crippen LogP contribution in [0, 0.1) is 10.8 Å². The molecule has 37 heavy (non-hydrogen) atoms. The van der Waals surface area contributed by atoms with Gasteiger partial charge in [-0.05, 0) is 12.8 Å². The fourth-order valence-corrected chi connectivity index (χ4v) is 4.77. The summed E-state index contributed by atoms with van der Waals surface area (Å²) in [6.45, 7) is 4.33. The van der Waals surface area contributed by atoms with Crippen LogP contribution in [0.4, 0.5) is 0 Å². The quantitative estimate of drug-likeness (QED) is 0.227. The number of aliphatic carboxylic acids is 2. The maximum Gasteiger partial charge on any atom is 2.00 e. The van der Waals surface area contributed by atoms with Gasteiger partial charge >= 0.3 is 37.7 Å². The first kappa shape index (κ1) is 36.1. The molecule has 204 valence electrons. The van der Waals surface area contributed by atoms with Crippen LogP contribution in [0.2, 0.25) is 0 Å². The molecular weight excluding hydrogens is 496 g/mol. The largest absolute Gasteiger partial charge is 2.00 e. The molecular formula is C30H46CaO6. The van der Waals surface area contributed by atoms with E-state index in [-0.39, 0.29) is 37.7 Å². The molecule has 0 aromatic heterocycles. The number of carbonyl (C=O) groups is 2. The van der Waals surface area contributed by atoms with Crippen molar-refractivity contribution in [3.63, 3.8) is 0 Å². The van der Waals surface area contributed by atoms with E-state index in [2.05, 4.69) is 13.8 Å². The molecule has 2 aliphatic rings. The molecule has 0 aliphatic heterocycles. The predicted molar refractivity (Wildman–Crippen MR) is 145 cm³/mol. The number of hydrogen-bond donors (Lipinski definition) is 2. The molecule has 2 N–H and O–H groups in total. The number of aliphatic hydroxyl groups excluding tert-OH is 2. The van der Waals surface area contributed by atoms with E-state index in [1.165, 1.54) is 50.7 Å².